The van der Waals surface area contributed by atoms with Crippen molar-refractivity contribution in [1.29, 1.82) is 0 Å². The summed E-state index contributed by atoms with van der Waals surface area (Å²) in [5, 5.41) is 0.992. The van der Waals surface area contributed by atoms with Crippen LogP contribution in [0.15, 0.2) is 30.3 Å². The van der Waals surface area contributed by atoms with Crippen LogP contribution in [-0.2, 0) is 4.74 Å². The molecule has 0 amide bonds. The van der Waals surface area contributed by atoms with Crippen LogP contribution >= 0.6 is 0 Å². The minimum atomic E-state index is -0.433. The van der Waals surface area contributed by atoms with Crippen LogP contribution in [0.3, 0.4) is 0 Å². The molecule has 2 aromatic rings. The molecule has 0 atom stereocenters. The minimum absolute atomic E-state index is 0.0920. The third-order valence-corrected chi connectivity index (χ3v) is 3.29. The number of benzene rings is 1. The van der Waals surface area contributed by atoms with Gasteiger partial charge in [-0.2, -0.15) is 0 Å². The van der Waals surface area contributed by atoms with Crippen LogP contribution in [0.25, 0.3) is 10.9 Å². The number of ketones is 1. The van der Waals surface area contributed by atoms with Crippen molar-refractivity contribution in [2.45, 2.75) is 32.8 Å². The first-order chi connectivity index (χ1) is 8.91. The molecule has 0 unspecified atom stereocenters. The molecule has 0 aliphatic carbocycles. The maximum Gasteiger partial charge on any atom is 0.165 e. The number of pyridine rings is 1. The van der Waals surface area contributed by atoms with Gasteiger partial charge < -0.3 is 4.74 Å². The van der Waals surface area contributed by atoms with Gasteiger partial charge >= 0.3 is 0 Å². The van der Waals surface area contributed by atoms with Gasteiger partial charge in [-0.25, -0.2) is 0 Å². The molecule has 0 fully saturated rings. The van der Waals surface area contributed by atoms with Crippen molar-refractivity contribution in [2.24, 2.45) is 0 Å². The zero-order valence-corrected chi connectivity index (χ0v) is 11.9. The average molecular weight is 257 g/mol. The van der Waals surface area contributed by atoms with Crippen LogP contribution in [0.2, 0.25) is 0 Å². The van der Waals surface area contributed by atoms with Crippen molar-refractivity contribution in [2.75, 3.05) is 7.11 Å². The van der Waals surface area contributed by atoms with E-state index in [-0.39, 0.29) is 5.78 Å². The predicted octanol–water partition coefficient (Wildman–Crippen LogP) is 3.54. The Labute approximate surface area is 113 Å². The number of fused-ring (bicyclic) bond motifs is 1. The molecule has 0 bridgehead atoms. The number of aryl methyl sites for hydroxylation is 1. The zero-order valence-electron chi connectivity index (χ0n) is 11.9. The molecule has 0 radical (unpaired) electrons. The largest absolute Gasteiger partial charge is 0.378 e. The standard InChI is InChI=1S/C16H19NO2/c1-11-5-6-12-9-13(7-8-14(12)17-11)15(18)10-16(2,3)19-4/h5-9H,10H2,1-4H3. The SMILES string of the molecule is COC(C)(C)CC(=O)c1ccc2nc(C)ccc2c1. The number of carbonyl (C=O) groups excluding carboxylic acids is 1. The summed E-state index contributed by atoms with van der Waals surface area (Å²) < 4.78 is 5.30. The minimum Gasteiger partial charge on any atom is -0.378 e. The van der Waals surface area contributed by atoms with Gasteiger partial charge in [-0.05, 0) is 45.0 Å². The normalized spacial score (nSPS) is 11.8. The lowest BCUT2D eigenvalue weighted by molar-refractivity contribution is 0.0172. The molecule has 1 heterocycles. The molecule has 19 heavy (non-hydrogen) atoms. The zero-order chi connectivity index (χ0) is 14.0. The van der Waals surface area contributed by atoms with Gasteiger partial charge in [-0.1, -0.05) is 6.07 Å². The molecule has 0 spiro atoms. The molecule has 0 aliphatic rings. The quantitative estimate of drug-likeness (QED) is 0.786. The summed E-state index contributed by atoms with van der Waals surface area (Å²) >= 11 is 0. The van der Waals surface area contributed by atoms with Crippen molar-refractivity contribution in [1.82, 2.24) is 4.98 Å². The Morgan fingerprint density at radius 3 is 2.68 bits per heavy atom. The molecule has 1 aromatic carbocycles. The fourth-order valence-corrected chi connectivity index (χ4v) is 1.96. The number of Topliss-reactive ketones (excluding diaryl/α,β-unsaturated/α-hetero) is 1. The van der Waals surface area contributed by atoms with Crippen LogP contribution in [0.4, 0.5) is 0 Å². The number of hydrogen-bond donors (Lipinski definition) is 0. The number of aromatic nitrogens is 1. The summed E-state index contributed by atoms with van der Waals surface area (Å²) in [5.41, 5.74) is 2.18. The smallest absolute Gasteiger partial charge is 0.165 e. The summed E-state index contributed by atoms with van der Waals surface area (Å²) in [6.07, 6.45) is 0.369. The van der Waals surface area contributed by atoms with Crippen LogP contribution in [0, 0.1) is 6.92 Å². The highest BCUT2D eigenvalue weighted by Crippen LogP contribution is 2.20. The lowest BCUT2D eigenvalue weighted by Gasteiger charge is -2.21. The molecule has 3 nitrogen and oxygen atoms in total. The molecular formula is C16H19NO2. The van der Waals surface area contributed by atoms with E-state index in [1.54, 1.807) is 7.11 Å². The predicted molar refractivity (Wildman–Crippen MR) is 76.5 cm³/mol. The number of carbonyl (C=O) groups is 1. The monoisotopic (exact) mass is 257 g/mol. The van der Waals surface area contributed by atoms with Crippen molar-refractivity contribution in [3.8, 4) is 0 Å². The molecular weight excluding hydrogens is 238 g/mol. The molecule has 0 N–H and O–H groups in total. The van der Waals surface area contributed by atoms with Crippen LogP contribution in [-0.4, -0.2) is 23.5 Å². The van der Waals surface area contributed by atoms with E-state index in [1.807, 2.05) is 51.1 Å². The van der Waals surface area contributed by atoms with Gasteiger partial charge in [0, 0.05) is 30.2 Å². The Kier molecular flexibility index (Phi) is 3.67. The van der Waals surface area contributed by atoms with Crippen molar-refractivity contribution in [3.63, 3.8) is 0 Å². The lowest BCUT2D eigenvalue weighted by Crippen LogP contribution is -2.26. The van der Waals surface area contributed by atoms with E-state index in [4.69, 9.17) is 4.74 Å². The van der Waals surface area contributed by atoms with E-state index in [0.717, 1.165) is 16.6 Å². The second-order valence-electron chi connectivity index (χ2n) is 5.42. The highest BCUT2D eigenvalue weighted by atomic mass is 16.5. The lowest BCUT2D eigenvalue weighted by atomic mass is 9.96. The second-order valence-corrected chi connectivity index (χ2v) is 5.42. The van der Waals surface area contributed by atoms with Crippen molar-refractivity contribution >= 4 is 16.7 Å². The summed E-state index contributed by atoms with van der Waals surface area (Å²) in [7, 11) is 1.63. The first-order valence-corrected chi connectivity index (χ1v) is 6.37. The fraction of sp³-hybridized carbons (Fsp3) is 0.375. The van der Waals surface area contributed by atoms with Gasteiger partial charge in [-0.15, -0.1) is 0 Å². The highest BCUT2D eigenvalue weighted by Gasteiger charge is 2.22. The first-order valence-electron chi connectivity index (χ1n) is 6.37. The van der Waals surface area contributed by atoms with E-state index in [0.29, 0.717) is 12.0 Å². The molecule has 100 valence electrons. The number of nitrogens with zero attached hydrogens (tertiary/aromatic N) is 1. The van der Waals surface area contributed by atoms with Gasteiger partial charge in [0.25, 0.3) is 0 Å². The Morgan fingerprint density at radius 2 is 2.00 bits per heavy atom. The maximum absolute atomic E-state index is 12.2. The van der Waals surface area contributed by atoms with E-state index in [9.17, 15) is 4.79 Å². The van der Waals surface area contributed by atoms with Crippen molar-refractivity contribution in [3.05, 3.63) is 41.6 Å². The number of ether oxygens (including phenoxy) is 1. The van der Waals surface area contributed by atoms with E-state index in [2.05, 4.69) is 4.98 Å². The van der Waals surface area contributed by atoms with E-state index >= 15 is 0 Å². The van der Waals surface area contributed by atoms with Gasteiger partial charge in [0.15, 0.2) is 5.78 Å². The summed E-state index contributed by atoms with van der Waals surface area (Å²) in [5.74, 6) is 0.0920. The van der Waals surface area contributed by atoms with Gasteiger partial charge in [0.1, 0.15) is 0 Å². The summed E-state index contributed by atoms with van der Waals surface area (Å²) in [6.45, 7) is 5.79. The average Bonchev–Trinajstić information content (AvgIpc) is 2.37. The van der Waals surface area contributed by atoms with E-state index in [1.165, 1.54) is 0 Å². The molecule has 2 rings (SSSR count). The van der Waals surface area contributed by atoms with E-state index < -0.39 is 5.60 Å². The number of rotatable bonds is 4. The molecule has 3 heteroatoms. The van der Waals surface area contributed by atoms with Crippen LogP contribution < -0.4 is 0 Å². The Morgan fingerprint density at radius 1 is 1.26 bits per heavy atom. The molecule has 0 aliphatic heterocycles. The summed E-state index contributed by atoms with van der Waals surface area (Å²) in [6, 6.07) is 9.58. The fourth-order valence-electron chi connectivity index (χ4n) is 1.96. The maximum atomic E-state index is 12.2. The summed E-state index contributed by atoms with van der Waals surface area (Å²) in [4.78, 5) is 16.7. The van der Waals surface area contributed by atoms with Crippen LogP contribution in [0.1, 0.15) is 36.3 Å². The first kappa shape index (κ1) is 13.7. The Balaban J connectivity index is 2.31. The van der Waals surface area contributed by atoms with Crippen LogP contribution in [0.5, 0.6) is 0 Å². The van der Waals surface area contributed by atoms with Crippen molar-refractivity contribution < 1.29 is 9.53 Å². The molecule has 0 saturated carbocycles. The van der Waals surface area contributed by atoms with Gasteiger partial charge in [0.2, 0.25) is 0 Å². The molecule has 1 aromatic heterocycles. The van der Waals surface area contributed by atoms with Gasteiger partial charge in [-0.3, -0.25) is 9.78 Å². The highest BCUT2D eigenvalue weighted by molar-refractivity contribution is 5.99. The third-order valence-electron chi connectivity index (χ3n) is 3.29. The number of hydrogen-bond acceptors (Lipinski definition) is 3. The Bertz CT molecular complexity index is 617. The Hall–Kier alpha value is -1.74. The third kappa shape index (κ3) is 3.18. The molecule has 0 saturated heterocycles. The van der Waals surface area contributed by atoms with Gasteiger partial charge in [0.05, 0.1) is 11.1 Å². The number of methoxy groups -OCH3 is 1. The second kappa shape index (κ2) is 5.10. The topological polar surface area (TPSA) is 39.2 Å².